The number of hydrogen-bond donors (Lipinski definition) is 2. The van der Waals surface area contributed by atoms with Gasteiger partial charge < -0.3 is 11.1 Å². The summed E-state index contributed by atoms with van der Waals surface area (Å²) in [5, 5.41) is 3.58. The minimum Gasteiger partial charge on any atom is -0.383 e. The smallest absolute Gasteiger partial charge is 0.128 e. The number of hydrogen-bond acceptors (Lipinski definition) is 3. The lowest BCUT2D eigenvalue weighted by molar-refractivity contribution is 0.377. The number of nitrogens with two attached hydrogens (primary N) is 1. The van der Waals surface area contributed by atoms with Crippen LogP contribution in [-0.2, 0) is 0 Å². The van der Waals surface area contributed by atoms with E-state index in [2.05, 4.69) is 44.1 Å². The van der Waals surface area contributed by atoms with E-state index in [1.807, 2.05) is 6.20 Å². The fraction of sp³-hybridized carbons (Fsp3) is 0.643. The molecule has 17 heavy (non-hydrogen) atoms. The van der Waals surface area contributed by atoms with E-state index in [-0.39, 0.29) is 0 Å². The van der Waals surface area contributed by atoms with Gasteiger partial charge in [0.05, 0.1) is 0 Å². The number of nitrogen functional groups attached to an aromatic ring is 1. The fourth-order valence-electron chi connectivity index (χ4n) is 2.00. The highest BCUT2D eigenvalue weighted by Crippen LogP contribution is 2.28. The molecule has 1 aromatic rings. The molecule has 96 valence electrons. The molecule has 0 amide bonds. The van der Waals surface area contributed by atoms with Crippen molar-refractivity contribution in [2.24, 2.45) is 5.92 Å². The molecular weight excluding hydrogens is 210 g/mol. The van der Waals surface area contributed by atoms with Crippen LogP contribution in [-0.4, -0.2) is 11.5 Å². The van der Waals surface area contributed by atoms with Crippen LogP contribution in [0, 0.1) is 12.8 Å². The van der Waals surface area contributed by atoms with Crippen molar-refractivity contribution in [1.29, 1.82) is 0 Å². The van der Waals surface area contributed by atoms with Crippen LogP contribution in [0.2, 0.25) is 0 Å². The molecule has 0 saturated carbocycles. The molecule has 3 N–H and O–H groups in total. The lowest BCUT2D eigenvalue weighted by Gasteiger charge is -2.25. The lowest BCUT2D eigenvalue weighted by Crippen LogP contribution is -2.28. The van der Waals surface area contributed by atoms with Gasteiger partial charge >= 0.3 is 0 Å². The minimum atomic E-state index is 0.312. The van der Waals surface area contributed by atoms with E-state index in [1.54, 1.807) is 0 Å². The zero-order chi connectivity index (χ0) is 12.8. The Balaban J connectivity index is 2.98. The first-order valence-corrected chi connectivity index (χ1v) is 6.55. The predicted octanol–water partition coefficient (Wildman–Crippen LogP) is 3.06. The number of rotatable bonds is 6. The van der Waals surface area contributed by atoms with E-state index in [0.29, 0.717) is 17.8 Å². The first kappa shape index (κ1) is 14.0. The number of anilines is 1. The van der Waals surface area contributed by atoms with E-state index < -0.39 is 0 Å². The predicted molar refractivity (Wildman–Crippen MR) is 73.9 cm³/mol. The third-order valence-electron chi connectivity index (χ3n) is 3.25. The molecule has 0 bridgehead atoms. The number of nitrogens with one attached hydrogen (secondary N) is 1. The Morgan fingerprint density at radius 2 is 2.12 bits per heavy atom. The van der Waals surface area contributed by atoms with Crippen LogP contribution in [0.4, 0.5) is 5.82 Å². The van der Waals surface area contributed by atoms with Crippen molar-refractivity contribution in [3.63, 3.8) is 0 Å². The van der Waals surface area contributed by atoms with Gasteiger partial charge in [-0.2, -0.15) is 0 Å². The summed E-state index contributed by atoms with van der Waals surface area (Å²) in [5.41, 5.74) is 8.32. The highest BCUT2D eigenvalue weighted by molar-refractivity contribution is 5.43. The van der Waals surface area contributed by atoms with Gasteiger partial charge in [0.25, 0.3) is 0 Å². The van der Waals surface area contributed by atoms with Crippen molar-refractivity contribution in [3.8, 4) is 0 Å². The average Bonchev–Trinajstić information content (AvgIpc) is 2.33. The second kappa shape index (κ2) is 6.60. The van der Waals surface area contributed by atoms with Crippen LogP contribution in [0.1, 0.15) is 50.8 Å². The zero-order valence-electron chi connectivity index (χ0n) is 11.5. The lowest BCUT2D eigenvalue weighted by atomic mass is 9.92. The van der Waals surface area contributed by atoms with Crippen LogP contribution in [0.15, 0.2) is 12.3 Å². The first-order valence-electron chi connectivity index (χ1n) is 6.55. The molecule has 1 heterocycles. The summed E-state index contributed by atoms with van der Waals surface area (Å²) in [6, 6.07) is 2.47. The summed E-state index contributed by atoms with van der Waals surface area (Å²) in [5.74, 6) is 1.22. The van der Waals surface area contributed by atoms with Crippen molar-refractivity contribution in [3.05, 3.63) is 23.4 Å². The number of aromatic nitrogens is 1. The molecule has 2 atom stereocenters. The monoisotopic (exact) mass is 235 g/mol. The van der Waals surface area contributed by atoms with Crippen LogP contribution in [0.5, 0.6) is 0 Å². The van der Waals surface area contributed by atoms with E-state index >= 15 is 0 Å². The Labute approximate surface area is 105 Å². The van der Waals surface area contributed by atoms with Gasteiger partial charge in [0.2, 0.25) is 0 Å². The molecule has 0 aliphatic carbocycles. The topological polar surface area (TPSA) is 50.9 Å². The summed E-state index contributed by atoms with van der Waals surface area (Å²) < 4.78 is 0. The molecular formula is C14H25N3. The van der Waals surface area contributed by atoms with Crippen molar-refractivity contribution in [1.82, 2.24) is 10.3 Å². The van der Waals surface area contributed by atoms with Gasteiger partial charge in [-0.1, -0.05) is 27.2 Å². The second-order valence-corrected chi connectivity index (χ2v) is 4.80. The number of aryl methyl sites for hydroxylation is 1. The highest BCUT2D eigenvalue weighted by atomic mass is 14.9. The molecule has 1 aromatic heterocycles. The Morgan fingerprint density at radius 1 is 1.41 bits per heavy atom. The largest absolute Gasteiger partial charge is 0.383 e. The Morgan fingerprint density at radius 3 is 2.71 bits per heavy atom. The van der Waals surface area contributed by atoms with Crippen LogP contribution < -0.4 is 11.1 Å². The highest BCUT2D eigenvalue weighted by Gasteiger charge is 2.20. The number of pyridine rings is 1. The fourth-order valence-corrected chi connectivity index (χ4v) is 2.00. The number of nitrogens with zero attached hydrogens (tertiary/aromatic N) is 1. The molecule has 0 saturated heterocycles. The van der Waals surface area contributed by atoms with Crippen LogP contribution >= 0.6 is 0 Å². The summed E-state index contributed by atoms with van der Waals surface area (Å²) >= 11 is 0. The molecule has 1 rings (SSSR count). The maximum Gasteiger partial charge on any atom is 0.128 e. The van der Waals surface area contributed by atoms with Gasteiger partial charge in [-0.3, -0.25) is 0 Å². The van der Waals surface area contributed by atoms with Gasteiger partial charge in [-0.25, -0.2) is 4.98 Å². The SMILES string of the molecule is CCCNC(c1cc(C)cnc1N)C(C)CC. The van der Waals surface area contributed by atoms with Crippen molar-refractivity contribution in [2.45, 2.75) is 46.6 Å². The first-order chi connectivity index (χ1) is 8.10. The minimum absolute atomic E-state index is 0.312. The summed E-state index contributed by atoms with van der Waals surface area (Å²) in [4.78, 5) is 4.26. The third-order valence-corrected chi connectivity index (χ3v) is 3.25. The molecule has 3 nitrogen and oxygen atoms in total. The van der Waals surface area contributed by atoms with Gasteiger partial charge in [0.1, 0.15) is 5.82 Å². The summed E-state index contributed by atoms with van der Waals surface area (Å²) in [7, 11) is 0. The third kappa shape index (κ3) is 3.70. The van der Waals surface area contributed by atoms with E-state index in [0.717, 1.165) is 24.9 Å². The Hall–Kier alpha value is -1.09. The summed E-state index contributed by atoms with van der Waals surface area (Å²) in [6.07, 6.45) is 4.09. The Bertz CT molecular complexity index is 349. The summed E-state index contributed by atoms with van der Waals surface area (Å²) in [6.45, 7) is 9.73. The van der Waals surface area contributed by atoms with E-state index in [9.17, 15) is 0 Å². The van der Waals surface area contributed by atoms with Gasteiger partial charge in [-0.05, 0) is 37.4 Å². The van der Waals surface area contributed by atoms with E-state index in [4.69, 9.17) is 5.73 Å². The van der Waals surface area contributed by atoms with Gasteiger partial charge in [0, 0.05) is 17.8 Å². The zero-order valence-corrected chi connectivity index (χ0v) is 11.5. The molecule has 0 aromatic carbocycles. The molecule has 3 heteroatoms. The molecule has 0 radical (unpaired) electrons. The van der Waals surface area contributed by atoms with Crippen molar-refractivity contribution in [2.75, 3.05) is 12.3 Å². The maximum absolute atomic E-state index is 6.00. The molecule has 2 unspecified atom stereocenters. The second-order valence-electron chi connectivity index (χ2n) is 4.80. The standard InChI is InChI=1S/C14H25N3/c1-5-7-16-13(11(4)6-2)12-8-10(3)9-17-14(12)15/h8-9,11,13,16H,5-7H2,1-4H3,(H2,15,17). The molecule has 0 spiro atoms. The quantitative estimate of drug-likeness (QED) is 0.796. The molecule has 0 fully saturated rings. The molecule has 0 aliphatic rings. The van der Waals surface area contributed by atoms with Crippen molar-refractivity contribution >= 4 is 5.82 Å². The van der Waals surface area contributed by atoms with Crippen LogP contribution in [0.3, 0.4) is 0 Å². The normalized spacial score (nSPS) is 14.6. The average molecular weight is 235 g/mol. The van der Waals surface area contributed by atoms with Gasteiger partial charge in [0.15, 0.2) is 0 Å². The van der Waals surface area contributed by atoms with Crippen LogP contribution in [0.25, 0.3) is 0 Å². The Kier molecular flexibility index (Phi) is 5.42. The van der Waals surface area contributed by atoms with Crippen molar-refractivity contribution < 1.29 is 0 Å². The molecule has 0 aliphatic heterocycles. The van der Waals surface area contributed by atoms with Gasteiger partial charge in [-0.15, -0.1) is 0 Å². The maximum atomic E-state index is 6.00. The van der Waals surface area contributed by atoms with E-state index in [1.165, 1.54) is 5.56 Å².